The molecule has 0 radical (unpaired) electrons. The number of benzene rings is 2. The van der Waals surface area contributed by atoms with Gasteiger partial charge >= 0.3 is 0 Å². The fourth-order valence-electron chi connectivity index (χ4n) is 2.78. The number of carbonyl (C=O) groups excluding carboxylic acids is 1. The zero-order chi connectivity index (χ0) is 15.8. The van der Waals surface area contributed by atoms with Crippen molar-refractivity contribution in [3.63, 3.8) is 0 Å². The van der Waals surface area contributed by atoms with Gasteiger partial charge in [0, 0.05) is 24.0 Å². The van der Waals surface area contributed by atoms with E-state index in [1.807, 2.05) is 41.2 Å². The molecule has 1 amide bonds. The van der Waals surface area contributed by atoms with Crippen molar-refractivity contribution in [3.8, 4) is 5.69 Å². The van der Waals surface area contributed by atoms with Gasteiger partial charge < -0.3 is 10.6 Å². The third kappa shape index (κ3) is 2.59. The SMILES string of the molecule is Cc1cccc(-n2ncc3ccc(C(=O)NC4CNC4)cc32)c1. The van der Waals surface area contributed by atoms with Crippen LogP contribution in [0.4, 0.5) is 0 Å². The van der Waals surface area contributed by atoms with Crippen LogP contribution in [0.1, 0.15) is 15.9 Å². The van der Waals surface area contributed by atoms with E-state index in [1.54, 1.807) is 0 Å². The lowest BCUT2D eigenvalue weighted by molar-refractivity contribution is 0.0924. The molecule has 1 aliphatic heterocycles. The van der Waals surface area contributed by atoms with Crippen LogP contribution in [0.15, 0.2) is 48.7 Å². The van der Waals surface area contributed by atoms with Crippen molar-refractivity contribution in [2.75, 3.05) is 13.1 Å². The number of hydrogen-bond acceptors (Lipinski definition) is 3. The van der Waals surface area contributed by atoms with Gasteiger partial charge in [0.2, 0.25) is 0 Å². The zero-order valence-electron chi connectivity index (χ0n) is 12.9. The zero-order valence-corrected chi connectivity index (χ0v) is 12.9. The highest BCUT2D eigenvalue weighted by Gasteiger charge is 2.20. The van der Waals surface area contributed by atoms with E-state index >= 15 is 0 Å². The van der Waals surface area contributed by atoms with Crippen LogP contribution in [0.25, 0.3) is 16.6 Å². The fraction of sp³-hybridized carbons (Fsp3) is 0.222. The highest BCUT2D eigenvalue weighted by atomic mass is 16.1. The molecule has 23 heavy (non-hydrogen) atoms. The molecule has 0 atom stereocenters. The summed E-state index contributed by atoms with van der Waals surface area (Å²) in [5, 5.41) is 11.7. The number of fused-ring (bicyclic) bond motifs is 1. The first-order chi connectivity index (χ1) is 11.2. The number of nitrogens with zero attached hydrogens (tertiary/aromatic N) is 2. The molecule has 0 bridgehead atoms. The molecule has 1 fully saturated rings. The second kappa shape index (κ2) is 5.52. The Bertz CT molecular complexity index is 880. The van der Waals surface area contributed by atoms with Gasteiger partial charge in [-0.25, -0.2) is 4.68 Å². The Morgan fingerprint density at radius 2 is 2.13 bits per heavy atom. The van der Waals surface area contributed by atoms with Crippen LogP contribution in [0, 0.1) is 6.92 Å². The molecule has 2 N–H and O–H groups in total. The quantitative estimate of drug-likeness (QED) is 0.778. The highest BCUT2D eigenvalue weighted by Crippen LogP contribution is 2.20. The van der Waals surface area contributed by atoms with E-state index in [2.05, 4.69) is 34.8 Å². The summed E-state index contributed by atoms with van der Waals surface area (Å²) in [6, 6.07) is 14.1. The van der Waals surface area contributed by atoms with Gasteiger partial charge in [-0.05, 0) is 36.8 Å². The van der Waals surface area contributed by atoms with Crippen LogP contribution >= 0.6 is 0 Å². The first-order valence-corrected chi connectivity index (χ1v) is 7.77. The Balaban J connectivity index is 1.72. The summed E-state index contributed by atoms with van der Waals surface area (Å²) in [5.41, 5.74) is 3.78. The van der Waals surface area contributed by atoms with Crippen molar-refractivity contribution >= 4 is 16.8 Å². The predicted molar refractivity (Wildman–Crippen MR) is 89.9 cm³/mol. The highest BCUT2D eigenvalue weighted by molar-refractivity contribution is 5.98. The number of aromatic nitrogens is 2. The summed E-state index contributed by atoms with van der Waals surface area (Å²) in [7, 11) is 0. The molecule has 0 unspecified atom stereocenters. The van der Waals surface area contributed by atoms with Crippen LogP contribution in [0.3, 0.4) is 0 Å². The summed E-state index contributed by atoms with van der Waals surface area (Å²) in [5.74, 6) is -0.0320. The van der Waals surface area contributed by atoms with Crippen molar-refractivity contribution < 1.29 is 4.79 Å². The number of amides is 1. The molecule has 0 saturated carbocycles. The van der Waals surface area contributed by atoms with Gasteiger partial charge in [-0.3, -0.25) is 4.79 Å². The van der Waals surface area contributed by atoms with E-state index in [0.717, 1.165) is 29.7 Å². The molecule has 1 aliphatic rings. The molecule has 116 valence electrons. The van der Waals surface area contributed by atoms with E-state index in [4.69, 9.17) is 0 Å². The second-order valence-corrected chi connectivity index (χ2v) is 6.00. The standard InChI is InChI=1S/C18H18N4O/c1-12-3-2-4-16(7-12)22-17-8-13(5-6-14(17)9-20-22)18(23)21-15-10-19-11-15/h2-9,15,19H,10-11H2,1H3,(H,21,23). The lowest BCUT2D eigenvalue weighted by atomic mass is 10.1. The number of rotatable bonds is 3. The summed E-state index contributed by atoms with van der Waals surface area (Å²) in [6.45, 7) is 3.74. The van der Waals surface area contributed by atoms with Crippen LogP contribution in [-0.4, -0.2) is 34.8 Å². The lowest BCUT2D eigenvalue weighted by Crippen LogP contribution is -2.56. The number of aryl methyl sites for hydroxylation is 1. The topological polar surface area (TPSA) is 59.0 Å². The number of hydrogen-bond donors (Lipinski definition) is 2. The first-order valence-electron chi connectivity index (χ1n) is 7.77. The number of nitrogens with one attached hydrogen (secondary N) is 2. The molecule has 5 nitrogen and oxygen atoms in total. The number of carbonyl (C=O) groups is 1. The van der Waals surface area contributed by atoms with Crippen molar-refractivity contribution in [1.29, 1.82) is 0 Å². The van der Waals surface area contributed by atoms with Gasteiger partial charge in [-0.1, -0.05) is 18.2 Å². The minimum Gasteiger partial charge on any atom is -0.347 e. The smallest absolute Gasteiger partial charge is 0.251 e. The van der Waals surface area contributed by atoms with Crippen molar-refractivity contribution in [2.24, 2.45) is 0 Å². The third-order valence-corrected chi connectivity index (χ3v) is 4.20. The van der Waals surface area contributed by atoms with E-state index in [0.29, 0.717) is 5.56 Å². The maximum atomic E-state index is 12.3. The van der Waals surface area contributed by atoms with Crippen molar-refractivity contribution in [3.05, 3.63) is 59.8 Å². The van der Waals surface area contributed by atoms with Gasteiger partial charge in [0.15, 0.2) is 0 Å². The van der Waals surface area contributed by atoms with Crippen LogP contribution < -0.4 is 10.6 Å². The molecular weight excluding hydrogens is 288 g/mol. The second-order valence-electron chi connectivity index (χ2n) is 6.00. The minimum atomic E-state index is -0.0320. The Hall–Kier alpha value is -2.66. The van der Waals surface area contributed by atoms with Crippen LogP contribution in [-0.2, 0) is 0 Å². The average molecular weight is 306 g/mol. The Morgan fingerprint density at radius 1 is 1.26 bits per heavy atom. The van der Waals surface area contributed by atoms with E-state index in [-0.39, 0.29) is 11.9 Å². The van der Waals surface area contributed by atoms with Gasteiger partial charge in [0.05, 0.1) is 23.4 Å². The van der Waals surface area contributed by atoms with Gasteiger partial charge in [0.25, 0.3) is 5.91 Å². The van der Waals surface area contributed by atoms with Gasteiger partial charge in [0.1, 0.15) is 0 Å². The summed E-state index contributed by atoms with van der Waals surface area (Å²) in [4.78, 5) is 12.3. The molecule has 2 heterocycles. The maximum Gasteiger partial charge on any atom is 0.251 e. The normalized spacial score (nSPS) is 14.7. The lowest BCUT2D eigenvalue weighted by Gasteiger charge is -2.27. The maximum absolute atomic E-state index is 12.3. The van der Waals surface area contributed by atoms with Crippen LogP contribution in [0.2, 0.25) is 0 Å². The Labute approximate surface area is 134 Å². The minimum absolute atomic E-state index is 0.0320. The van der Waals surface area contributed by atoms with E-state index in [9.17, 15) is 4.79 Å². The average Bonchev–Trinajstić information content (AvgIpc) is 2.93. The third-order valence-electron chi connectivity index (χ3n) is 4.20. The van der Waals surface area contributed by atoms with E-state index in [1.165, 1.54) is 5.56 Å². The largest absolute Gasteiger partial charge is 0.347 e. The summed E-state index contributed by atoms with van der Waals surface area (Å²) >= 11 is 0. The van der Waals surface area contributed by atoms with Crippen molar-refractivity contribution in [1.82, 2.24) is 20.4 Å². The molecule has 0 spiro atoms. The Kier molecular flexibility index (Phi) is 3.35. The van der Waals surface area contributed by atoms with Crippen LogP contribution in [0.5, 0.6) is 0 Å². The fourth-order valence-corrected chi connectivity index (χ4v) is 2.78. The molecule has 1 saturated heterocycles. The first kappa shape index (κ1) is 14.0. The van der Waals surface area contributed by atoms with Crippen molar-refractivity contribution in [2.45, 2.75) is 13.0 Å². The Morgan fingerprint density at radius 3 is 2.87 bits per heavy atom. The molecule has 4 rings (SSSR count). The molecular formula is C18H18N4O. The molecule has 0 aliphatic carbocycles. The predicted octanol–water partition coefficient (Wildman–Crippen LogP) is 2.04. The van der Waals surface area contributed by atoms with Gasteiger partial charge in [-0.15, -0.1) is 0 Å². The molecule has 5 heteroatoms. The molecule has 2 aromatic carbocycles. The molecule has 3 aromatic rings. The van der Waals surface area contributed by atoms with E-state index < -0.39 is 0 Å². The summed E-state index contributed by atoms with van der Waals surface area (Å²) in [6.07, 6.45) is 1.83. The summed E-state index contributed by atoms with van der Waals surface area (Å²) < 4.78 is 1.88. The molecule has 1 aromatic heterocycles. The van der Waals surface area contributed by atoms with Gasteiger partial charge in [-0.2, -0.15) is 5.10 Å². The monoisotopic (exact) mass is 306 g/mol.